The molecule has 7 nitrogen and oxygen atoms in total. The number of halogens is 1. The number of anilines is 1. The van der Waals surface area contributed by atoms with Crippen molar-refractivity contribution in [3.05, 3.63) is 102 Å². The number of rotatable bonds is 8. The lowest BCUT2D eigenvalue weighted by molar-refractivity contribution is 0.375. The largest absolute Gasteiger partial charge is 0.359 e. The number of nitrogens with one attached hydrogen (secondary N) is 1. The minimum atomic E-state index is -3.83. The van der Waals surface area contributed by atoms with Crippen LogP contribution in [0.5, 0.6) is 0 Å². The molecule has 0 saturated carbocycles. The van der Waals surface area contributed by atoms with E-state index in [9.17, 15) is 12.8 Å². The highest BCUT2D eigenvalue weighted by Crippen LogP contribution is 2.30. The molecule has 0 aliphatic heterocycles. The van der Waals surface area contributed by atoms with Crippen LogP contribution >= 0.6 is 0 Å². The van der Waals surface area contributed by atoms with Gasteiger partial charge in [-0.25, -0.2) is 4.39 Å². The fourth-order valence-electron chi connectivity index (χ4n) is 3.48. The number of benzene rings is 3. The number of aryl methyl sites for hydroxylation is 1. The first-order chi connectivity index (χ1) is 16.7. The zero-order valence-electron chi connectivity index (χ0n) is 19.5. The van der Waals surface area contributed by atoms with Crippen LogP contribution in [0.2, 0.25) is 0 Å². The standard InChI is InChI=1S/C26H25FN4O3S/c1-18-9-12-22(13-10-18)35(32,33)28-17-31(3)29-26-16-25(34-30-26)19(2)21-11-14-23(24(27)15-21)20-7-5-4-6-8-20/h4-17,19H,1-3H3,(H,29,30). The van der Waals surface area contributed by atoms with Gasteiger partial charge in [0.15, 0.2) is 5.82 Å². The van der Waals surface area contributed by atoms with E-state index in [-0.39, 0.29) is 16.6 Å². The van der Waals surface area contributed by atoms with E-state index in [4.69, 9.17) is 4.52 Å². The first kappa shape index (κ1) is 24.2. The van der Waals surface area contributed by atoms with E-state index in [0.29, 0.717) is 17.1 Å². The molecule has 4 rings (SSSR count). The predicted octanol–water partition coefficient (Wildman–Crippen LogP) is 5.62. The number of hydrogen-bond donors (Lipinski definition) is 1. The summed E-state index contributed by atoms with van der Waals surface area (Å²) >= 11 is 0. The van der Waals surface area contributed by atoms with Gasteiger partial charge in [-0.1, -0.05) is 72.2 Å². The van der Waals surface area contributed by atoms with Crippen LogP contribution in [0.3, 0.4) is 0 Å². The van der Waals surface area contributed by atoms with E-state index < -0.39 is 10.0 Å². The van der Waals surface area contributed by atoms with E-state index in [2.05, 4.69) is 15.0 Å². The van der Waals surface area contributed by atoms with Crippen LogP contribution in [0.1, 0.15) is 29.7 Å². The molecular formula is C26H25FN4O3S. The molecule has 0 spiro atoms. The van der Waals surface area contributed by atoms with E-state index >= 15 is 0 Å². The maximum absolute atomic E-state index is 14.8. The Morgan fingerprint density at radius 1 is 1.06 bits per heavy atom. The zero-order chi connectivity index (χ0) is 25.0. The summed E-state index contributed by atoms with van der Waals surface area (Å²) < 4.78 is 48.7. The number of aromatic nitrogens is 1. The highest BCUT2D eigenvalue weighted by molar-refractivity contribution is 7.90. The average molecular weight is 493 g/mol. The average Bonchev–Trinajstić information content (AvgIpc) is 3.31. The fraction of sp³-hybridized carbons (Fsp3) is 0.154. The summed E-state index contributed by atoms with van der Waals surface area (Å²) in [6.45, 7) is 3.77. The Bertz CT molecular complexity index is 1440. The van der Waals surface area contributed by atoms with Gasteiger partial charge in [0.25, 0.3) is 10.0 Å². The van der Waals surface area contributed by atoms with Crippen molar-refractivity contribution in [2.24, 2.45) is 4.40 Å². The Hall–Kier alpha value is -3.98. The summed E-state index contributed by atoms with van der Waals surface area (Å²) in [5, 5.41) is 5.32. The third-order valence-electron chi connectivity index (χ3n) is 5.50. The second kappa shape index (κ2) is 10.1. The molecule has 0 saturated heterocycles. The fourth-order valence-corrected chi connectivity index (χ4v) is 4.34. The van der Waals surface area contributed by atoms with Crippen molar-refractivity contribution in [2.75, 3.05) is 12.5 Å². The third kappa shape index (κ3) is 5.75. The van der Waals surface area contributed by atoms with Gasteiger partial charge >= 0.3 is 0 Å². The molecular weight excluding hydrogens is 467 g/mol. The lowest BCUT2D eigenvalue weighted by atomic mass is 9.95. The minimum absolute atomic E-state index is 0.107. The first-order valence-electron chi connectivity index (χ1n) is 10.9. The summed E-state index contributed by atoms with van der Waals surface area (Å²) in [5.74, 6) is 0.314. The summed E-state index contributed by atoms with van der Waals surface area (Å²) in [7, 11) is -2.24. The topological polar surface area (TPSA) is 87.8 Å². The molecule has 0 aliphatic carbocycles. The molecule has 1 heterocycles. The Labute approximate surface area is 203 Å². The monoisotopic (exact) mass is 492 g/mol. The van der Waals surface area contributed by atoms with Gasteiger partial charge in [-0.15, -0.1) is 4.40 Å². The Balaban J connectivity index is 1.43. The quantitative estimate of drug-likeness (QED) is 0.195. The summed E-state index contributed by atoms with van der Waals surface area (Å²) in [6.07, 6.45) is 1.14. The molecule has 4 aromatic rings. The van der Waals surface area contributed by atoms with E-state index in [0.717, 1.165) is 23.0 Å². The molecule has 0 amide bonds. The predicted molar refractivity (Wildman–Crippen MR) is 134 cm³/mol. The Morgan fingerprint density at radius 2 is 1.77 bits per heavy atom. The number of sulfonamides is 1. The second-order valence-electron chi connectivity index (χ2n) is 8.17. The van der Waals surface area contributed by atoms with Gasteiger partial charge in [0, 0.05) is 24.6 Å². The van der Waals surface area contributed by atoms with Crippen LogP contribution in [-0.2, 0) is 10.0 Å². The maximum atomic E-state index is 14.8. The van der Waals surface area contributed by atoms with Crippen LogP contribution in [0.15, 0.2) is 92.7 Å². The lowest BCUT2D eigenvalue weighted by Gasteiger charge is -2.13. The van der Waals surface area contributed by atoms with Crippen molar-refractivity contribution in [2.45, 2.75) is 24.7 Å². The van der Waals surface area contributed by atoms with Crippen LogP contribution in [0.25, 0.3) is 11.1 Å². The SMILES string of the molecule is Cc1ccc(S(=O)(=O)N=CN(C)Nc2cc(C(C)c3ccc(-c4ccccc4)c(F)c3)on2)cc1. The molecule has 1 atom stereocenters. The second-order valence-corrected chi connectivity index (χ2v) is 9.81. The van der Waals surface area contributed by atoms with Gasteiger partial charge in [-0.05, 0) is 36.2 Å². The van der Waals surface area contributed by atoms with E-state index in [1.54, 1.807) is 31.3 Å². The number of hydrogen-bond acceptors (Lipinski definition) is 5. The molecule has 35 heavy (non-hydrogen) atoms. The molecule has 1 unspecified atom stereocenters. The normalized spacial score (nSPS) is 12.6. The summed E-state index contributed by atoms with van der Waals surface area (Å²) in [4.78, 5) is 0.107. The molecule has 180 valence electrons. The van der Waals surface area contributed by atoms with Gasteiger partial charge in [0.2, 0.25) is 0 Å². The van der Waals surface area contributed by atoms with E-state index in [1.165, 1.54) is 23.2 Å². The van der Waals surface area contributed by atoms with Crippen molar-refractivity contribution < 1.29 is 17.3 Å². The van der Waals surface area contributed by atoms with Gasteiger partial charge in [-0.3, -0.25) is 10.4 Å². The van der Waals surface area contributed by atoms with E-state index in [1.807, 2.05) is 50.2 Å². The molecule has 9 heteroatoms. The highest BCUT2D eigenvalue weighted by Gasteiger charge is 2.17. The van der Waals surface area contributed by atoms with Crippen molar-refractivity contribution in [3.8, 4) is 11.1 Å². The summed E-state index contributed by atoms with van der Waals surface area (Å²) in [6, 6.07) is 22.6. The Morgan fingerprint density at radius 3 is 2.46 bits per heavy atom. The number of hydrazine groups is 1. The van der Waals surface area contributed by atoms with Crippen LogP contribution in [0, 0.1) is 12.7 Å². The van der Waals surface area contributed by atoms with Gasteiger partial charge in [-0.2, -0.15) is 8.42 Å². The van der Waals surface area contributed by atoms with Crippen LogP contribution < -0.4 is 5.43 Å². The van der Waals surface area contributed by atoms with Gasteiger partial charge in [0.1, 0.15) is 17.9 Å². The third-order valence-corrected chi connectivity index (χ3v) is 6.74. The highest BCUT2D eigenvalue weighted by atomic mass is 32.2. The van der Waals surface area contributed by atoms with Crippen LogP contribution in [0.4, 0.5) is 10.2 Å². The van der Waals surface area contributed by atoms with Crippen molar-refractivity contribution in [1.29, 1.82) is 0 Å². The summed E-state index contributed by atoms with van der Waals surface area (Å²) in [5.41, 5.74) is 5.92. The van der Waals surface area contributed by atoms with Crippen molar-refractivity contribution in [3.63, 3.8) is 0 Å². The smallest absolute Gasteiger partial charge is 0.283 e. The van der Waals surface area contributed by atoms with Gasteiger partial charge in [0.05, 0.1) is 4.90 Å². The molecule has 0 fully saturated rings. The Kier molecular flexibility index (Phi) is 6.97. The first-order valence-corrected chi connectivity index (χ1v) is 12.3. The molecule has 0 radical (unpaired) electrons. The molecule has 0 aliphatic rings. The molecule has 0 bridgehead atoms. The maximum Gasteiger partial charge on any atom is 0.283 e. The number of nitrogens with zero attached hydrogens (tertiary/aromatic N) is 3. The zero-order valence-corrected chi connectivity index (χ0v) is 20.3. The minimum Gasteiger partial charge on any atom is -0.359 e. The molecule has 1 aromatic heterocycles. The van der Waals surface area contributed by atoms with Crippen LogP contribution in [-0.4, -0.2) is 32.0 Å². The lowest BCUT2D eigenvalue weighted by Crippen LogP contribution is -2.24. The van der Waals surface area contributed by atoms with Crippen molar-refractivity contribution in [1.82, 2.24) is 10.2 Å². The van der Waals surface area contributed by atoms with Crippen molar-refractivity contribution >= 4 is 22.2 Å². The molecule has 3 aromatic carbocycles. The van der Waals surface area contributed by atoms with Gasteiger partial charge < -0.3 is 4.52 Å². The molecule has 1 N–H and O–H groups in total.